The fraction of sp³-hybridized carbons (Fsp3) is 0.588. The Hall–Kier alpha value is -1.56. The van der Waals surface area contributed by atoms with E-state index in [1.807, 2.05) is 0 Å². The summed E-state index contributed by atoms with van der Waals surface area (Å²) in [7, 11) is 0. The molecule has 1 aromatic rings. The molecule has 0 radical (unpaired) electrons. The van der Waals surface area contributed by atoms with Crippen LogP contribution in [0.5, 0.6) is 0 Å². The third-order valence-electron chi connectivity index (χ3n) is 5.13. The standard InChI is InChI=1S/C17H21F3N2O/c18-17(19,20)14-10-11(6-7-13(14)16(21)23)12-4-3-5-15(12)22-8-1-2-9-22/h6-7,10,12,15H,1-5,8-9H2,(H2,21,23). The van der Waals surface area contributed by atoms with E-state index < -0.39 is 23.2 Å². The van der Waals surface area contributed by atoms with Crippen LogP contribution in [0.15, 0.2) is 18.2 Å². The highest BCUT2D eigenvalue weighted by molar-refractivity contribution is 5.94. The number of nitrogens with zero attached hydrogens (tertiary/aromatic N) is 1. The average molecular weight is 326 g/mol. The molecule has 2 atom stereocenters. The molecule has 1 aliphatic carbocycles. The van der Waals surface area contributed by atoms with Crippen molar-refractivity contribution in [2.75, 3.05) is 13.1 Å². The van der Waals surface area contributed by atoms with E-state index in [0.29, 0.717) is 11.6 Å². The number of nitrogens with two attached hydrogens (primary N) is 1. The molecule has 1 saturated carbocycles. The molecule has 3 rings (SSSR count). The number of amides is 1. The zero-order chi connectivity index (χ0) is 16.6. The molecule has 1 aromatic carbocycles. The summed E-state index contributed by atoms with van der Waals surface area (Å²) in [6.45, 7) is 2.07. The maximum absolute atomic E-state index is 13.3. The largest absolute Gasteiger partial charge is 0.417 e. The Labute approximate surface area is 133 Å². The molecule has 0 spiro atoms. The Kier molecular flexibility index (Phi) is 4.36. The van der Waals surface area contributed by atoms with Gasteiger partial charge in [0, 0.05) is 6.04 Å². The lowest BCUT2D eigenvalue weighted by atomic mass is 9.90. The minimum atomic E-state index is -4.57. The number of hydrogen-bond donors (Lipinski definition) is 1. The Balaban J connectivity index is 1.94. The normalized spacial score (nSPS) is 25.9. The Bertz CT molecular complexity index is 594. The zero-order valence-electron chi connectivity index (χ0n) is 12.9. The number of carbonyl (C=O) groups is 1. The molecule has 23 heavy (non-hydrogen) atoms. The smallest absolute Gasteiger partial charge is 0.366 e. The molecule has 2 N–H and O–H groups in total. The molecule has 6 heteroatoms. The van der Waals surface area contributed by atoms with E-state index in [9.17, 15) is 18.0 Å². The quantitative estimate of drug-likeness (QED) is 0.923. The van der Waals surface area contributed by atoms with Crippen LogP contribution in [0.1, 0.15) is 59.5 Å². The molecule has 126 valence electrons. The number of primary amides is 1. The summed E-state index contributed by atoms with van der Waals surface area (Å²) in [5.41, 5.74) is 4.42. The van der Waals surface area contributed by atoms with Crippen LogP contribution in [0.2, 0.25) is 0 Å². The molecule has 2 fully saturated rings. The molecule has 1 saturated heterocycles. The lowest BCUT2D eigenvalue weighted by Crippen LogP contribution is -2.34. The van der Waals surface area contributed by atoms with E-state index in [1.54, 1.807) is 6.07 Å². The van der Waals surface area contributed by atoms with Crippen LogP contribution in [-0.2, 0) is 6.18 Å². The van der Waals surface area contributed by atoms with E-state index >= 15 is 0 Å². The number of alkyl halides is 3. The monoisotopic (exact) mass is 326 g/mol. The third kappa shape index (κ3) is 3.22. The van der Waals surface area contributed by atoms with Gasteiger partial charge < -0.3 is 5.73 Å². The van der Waals surface area contributed by atoms with E-state index in [0.717, 1.165) is 51.3 Å². The maximum atomic E-state index is 13.3. The van der Waals surface area contributed by atoms with Crippen molar-refractivity contribution in [3.8, 4) is 0 Å². The van der Waals surface area contributed by atoms with Gasteiger partial charge in [0.2, 0.25) is 5.91 Å². The van der Waals surface area contributed by atoms with Crippen molar-refractivity contribution in [2.24, 2.45) is 5.73 Å². The minimum Gasteiger partial charge on any atom is -0.366 e. The Morgan fingerprint density at radius 2 is 1.83 bits per heavy atom. The van der Waals surface area contributed by atoms with Crippen molar-refractivity contribution in [3.05, 3.63) is 34.9 Å². The molecular formula is C17H21F3N2O. The molecule has 1 heterocycles. The number of hydrogen-bond acceptors (Lipinski definition) is 2. The number of rotatable bonds is 3. The molecule has 1 amide bonds. The van der Waals surface area contributed by atoms with E-state index in [-0.39, 0.29) is 5.92 Å². The first-order valence-electron chi connectivity index (χ1n) is 8.13. The van der Waals surface area contributed by atoms with Gasteiger partial charge in [-0.1, -0.05) is 12.5 Å². The second-order valence-corrected chi connectivity index (χ2v) is 6.51. The van der Waals surface area contributed by atoms with Gasteiger partial charge in [0.15, 0.2) is 0 Å². The zero-order valence-corrected chi connectivity index (χ0v) is 12.9. The summed E-state index contributed by atoms with van der Waals surface area (Å²) in [4.78, 5) is 13.7. The SMILES string of the molecule is NC(=O)c1ccc(C2CCCC2N2CCCC2)cc1C(F)(F)F. The maximum Gasteiger partial charge on any atom is 0.417 e. The lowest BCUT2D eigenvalue weighted by molar-refractivity contribution is -0.138. The van der Waals surface area contributed by atoms with Crippen LogP contribution < -0.4 is 5.73 Å². The van der Waals surface area contributed by atoms with E-state index in [1.165, 1.54) is 6.07 Å². The molecule has 0 aromatic heterocycles. The molecule has 2 aliphatic rings. The Morgan fingerprint density at radius 3 is 2.43 bits per heavy atom. The predicted molar refractivity (Wildman–Crippen MR) is 81.1 cm³/mol. The van der Waals surface area contributed by atoms with Gasteiger partial charge in [-0.15, -0.1) is 0 Å². The fourth-order valence-corrected chi connectivity index (χ4v) is 4.08. The summed E-state index contributed by atoms with van der Waals surface area (Å²) in [6.07, 6.45) is 0.722. The topological polar surface area (TPSA) is 46.3 Å². The molecule has 1 aliphatic heterocycles. The first kappa shape index (κ1) is 16.3. The van der Waals surface area contributed by atoms with Crippen molar-refractivity contribution in [1.82, 2.24) is 4.90 Å². The van der Waals surface area contributed by atoms with Crippen molar-refractivity contribution < 1.29 is 18.0 Å². The minimum absolute atomic E-state index is 0.108. The van der Waals surface area contributed by atoms with Crippen molar-refractivity contribution in [2.45, 2.75) is 50.2 Å². The van der Waals surface area contributed by atoms with Gasteiger partial charge in [0.05, 0.1) is 11.1 Å². The second-order valence-electron chi connectivity index (χ2n) is 6.51. The number of benzene rings is 1. The summed E-state index contributed by atoms with van der Waals surface area (Å²) in [5.74, 6) is -0.928. The van der Waals surface area contributed by atoms with Crippen molar-refractivity contribution >= 4 is 5.91 Å². The van der Waals surface area contributed by atoms with Gasteiger partial charge in [0.1, 0.15) is 0 Å². The van der Waals surface area contributed by atoms with Crippen LogP contribution in [0.25, 0.3) is 0 Å². The number of halogens is 3. The van der Waals surface area contributed by atoms with Gasteiger partial charge >= 0.3 is 6.18 Å². The van der Waals surface area contributed by atoms with Crippen LogP contribution in [-0.4, -0.2) is 29.9 Å². The number of carbonyl (C=O) groups excluding carboxylic acids is 1. The second kappa shape index (κ2) is 6.15. The van der Waals surface area contributed by atoms with Crippen molar-refractivity contribution in [3.63, 3.8) is 0 Å². The van der Waals surface area contributed by atoms with Gasteiger partial charge in [-0.05, 0) is 62.4 Å². The highest BCUT2D eigenvalue weighted by atomic mass is 19.4. The molecule has 2 unspecified atom stereocenters. The fourth-order valence-electron chi connectivity index (χ4n) is 4.08. The van der Waals surface area contributed by atoms with Crippen molar-refractivity contribution in [1.29, 1.82) is 0 Å². The van der Waals surface area contributed by atoms with E-state index in [2.05, 4.69) is 4.90 Å². The van der Waals surface area contributed by atoms with E-state index in [4.69, 9.17) is 5.73 Å². The van der Waals surface area contributed by atoms with Crippen LogP contribution in [0.3, 0.4) is 0 Å². The lowest BCUT2D eigenvalue weighted by Gasteiger charge is -2.30. The molecule has 0 bridgehead atoms. The highest BCUT2D eigenvalue weighted by Gasteiger charge is 2.38. The predicted octanol–water partition coefficient (Wildman–Crippen LogP) is 3.54. The molecular weight excluding hydrogens is 305 g/mol. The summed E-state index contributed by atoms with van der Waals surface area (Å²) in [6, 6.07) is 4.34. The first-order valence-corrected chi connectivity index (χ1v) is 8.13. The average Bonchev–Trinajstić information content (AvgIpc) is 3.16. The summed E-state index contributed by atoms with van der Waals surface area (Å²) in [5, 5.41) is 0. The van der Waals surface area contributed by atoms with Crippen LogP contribution >= 0.6 is 0 Å². The van der Waals surface area contributed by atoms with Gasteiger partial charge in [-0.25, -0.2) is 0 Å². The van der Waals surface area contributed by atoms with Crippen LogP contribution in [0, 0.1) is 0 Å². The Morgan fingerprint density at radius 1 is 1.13 bits per heavy atom. The highest BCUT2D eigenvalue weighted by Crippen LogP contribution is 2.41. The van der Waals surface area contributed by atoms with Gasteiger partial charge in [0.25, 0.3) is 0 Å². The van der Waals surface area contributed by atoms with Gasteiger partial charge in [-0.2, -0.15) is 13.2 Å². The number of likely N-dealkylation sites (tertiary alicyclic amines) is 1. The van der Waals surface area contributed by atoms with Gasteiger partial charge in [-0.3, -0.25) is 9.69 Å². The van der Waals surface area contributed by atoms with Crippen LogP contribution in [0.4, 0.5) is 13.2 Å². The molecule has 3 nitrogen and oxygen atoms in total. The first-order chi connectivity index (χ1) is 10.9. The summed E-state index contributed by atoms with van der Waals surface area (Å²) >= 11 is 0. The summed E-state index contributed by atoms with van der Waals surface area (Å²) < 4.78 is 39.8. The third-order valence-corrected chi connectivity index (χ3v) is 5.13.